The van der Waals surface area contributed by atoms with E-state index in [0.717, 1.165) is 12.8 Å². The number of nitrogens with two attached hydrogens (primary N) is 1. The summed E-state index contributed by atoms with van der Waals surface area (Å²) >= 11 is 0. The van der Waals surface area contributed by atoms with Crippen molar-refractivity contribution in [3.63, 3.8) is 0 Å². The quantitative estimate of drug-likeness (QED) is 0.782. The van der Waals surface area contributed by atoms with E-state index < -0.39 is 0 Å². The lowest BCUT2D eigenvalue weighted by molar-refractivity contribution is 0.414. The monoisotopic (exact) mass is 204 g/mol. The van der Waals surface area contributed by atoms with Crippen LogP contribution < -0.4 is 11.1 Å². The molecule has 2 unspecified atom stereocenters. The van der Waals surface area contributed by atoms with Crippen molar-refractivity contribution in [1.29, 1.82) is 0 Å². The summed E-state index contributed by atoms with van der Waals surface area (Å²) in [6.45, 7) is 4.22. The zero-order valence-electron chi connectivity index (χ0n) is 9.53. The van der Waals surface area contributed by atoms with Crippen LogP contribution in [0.5, 0.6) is 0 Å². The van der Waals surface area contributed by atoms with Crippen molar-refractivity contribution >= 4 is 0 Å². The Morgan fingerprint density at radius 2 is 1.73 bits per heavy atom. The highest BCUT2D eigenvalue weighted by atomic mass is 15.0. The van der Waals surface area contributed by atoms with Crippen LogP contribution in [0.15, 0.2) is 24.3 Å². The third-order valence-electron chi connectivity index (χ3n) is 3.34. The fraction of sp³-hybridized carbons (Fsp3) is 0.538. The van der Waals surface area contributed by atoms with Crippen molar-refractivity contribution in [2.24, 2.45) is 5.73 Å². The number of nitrogens with one attached hydrogen (secondary N) is 1. The van der Waals surface area contributed by atoms with Gasteiger partial charge in [0.2, 0.25) is 0 Å². The normalized spacial score (nSPS) is 19.9. The van der Waals surface area contributed by atoms with Gasteiger partial charge >= 0.3 is 0 Å². The van der Waals surface area contributed by atoms with Crippen LogP contribution in [-0.4, -0.2) is 18.1 Å². The molecule has 1 aromatic carbocycles. The van der Waals surface area contributed by atoms with Crippen LogP contribution in [0, 0.1) is 0 Å². The van der Waals surface area contributed by atoms with Crippen LogP contribution in [-0.2, 0) is 12.8 Å². The molecule has 0 heterocycles. The van der Waals surface area contributed by atoms with Crippen molar-refractivity contribution < 1.29 is 0 Å². The van der Waals surface area contributed by atoms with Crippen molar-refractivity contribution in [3.05, 3.63) is 35.4 Å². The second-order valence-electron chi connectivity index (χ2n) is 4.69. The Morgan fingerprint density at radius 3 is 2.20 bits per heavy atom. The largest absolute Gasteiger partial charge is 0.327 e. The first-order valence-electron chi connectivity index (χ1n) is 5.75. The molecule has 0 radical (unpaired) electrons. The summed E-state index contributed by atoms with van der Waals surface area (Å²) < 4.78 is 0. The van der Waals surface area contributed by atoms with E-state index in [-0.39, 0.29) is 6.04 Å². The van der Waals surface area contributed by atoms with E-state index in [1.165, 1.54) is 11.1 Å². The number of fused-ring (bicyclic) bond motifs is 1. The van der Waals surface area contributed by atoms with Gasteiger partial charge in [0.25, 0.3) is 0 Å². The minimum Gasteiger partial charge on any atom is -0.327 e. The number of hydrogen-bond donors (Lipinski definition) is 2. The van der Waals surface area contributed by atoms with Gasteiger partial charge in [0, 0.05) is 18.1 Å². The van der Waals surface area contributed by atoms with E-state index in [9.17, 15) is 0 Å². The van der Waals surface area contributed by atoms with E-state index in [4.69, 9.17) is 5.73 Å². The Labute approximate surface area is 91.9 Å². The van der Waals surface area contributed by atoms with Gasteiger partial charge in [-0.05, 0) is 37.8 Å². The molecule has 2 heteroatoms. The van der Waals surface area contributed by atoms with Gasteiger partial charge in [-0.15, -0.1) is 0 Å². The molecule has 0 saturated heterocycles. The lowest BCUT2D eigenvalue weighted by Crippen LogP contribution is -2.46. The van der Waals surface area contributed by atoms with Gasteiger partial charge < -0.3 is 11.1 Å². The molecule has 3 N–H and O–H groups in total. The highest BCUT2D eigenvalue weighted by Crippen LogP contribution is 2.21. The number of benzene rings is 1. The third-order valence-corrected chi connectivity index (χ3v) is 3.34. The SMILES string of the molecule is CC(N)C(C)NC1Cc2ccccc2C1. The summed E-state index contributed by atoms with van der Waals surface area (Å²) in [5, 5.41) is 3.60. The van der Waals surface area contributed by atoms with E-state index in [1.807, 2.05) is 0 Å². The molecule has 2 atom stereocenters. The van der Waals surface area contributed by atoms with Crippen LogP contribution in [0.4, 0.5) is 0 Å². The summed E-state index contributed by atoms with van der Waals surface area (Å²) in [6, 6.07) is 9.88. The first-order valence-corrected chi connectivity index (χ1v) is 5.75. The average Bonchev–Trinajstić information content (AvgIpc) is 2.59. The molecule has 0 fully saturated rings. The van der Waals surface area contributed by atoms with Gasteiger partial charge in [0.15, 0.2) is 0 Å². The smallest absolute Gasteiger partial charge is 0.0190 e. The van der Waals surface area contributed by atoms with Crippen LogP contribution in [0.2, 0.25) is 0 Å². The predicted octanol–water partition coefficient (Wildman–Crippen LogP) is 1.48. The summed E-state index contributed by atoms with van der Waals surface area (Å²) in [5.41, 5.74) is 8.84. The van der Waals surface area contributed by atoms with Gasteiger partial charge in [-0.1, -0.05) is 24.3 Å². The molecule has 0 bridgehead atoms. The minimum absolute atomic E-state index is 0.216. The summed E-state index contributed by atoms with van der Waals surface area (Å²) in [5.74, 6) is 0. The zero-order chi connectivity index (χ0) is 10.8. The molecule has 2 rings (SSSR count). The third kappa shape index (κ3) is 2.39. The van der Waals surface area contributed by atoms with Gasteiger partial charge in [-0.2, -0.15) is 0 Å². The standard InChI is InChI=1S/C13H20N2/c1-9(14)10(2)15-13-7-11-5-3-4-6-12(11)8-13/h3-6,9-10,13,15H,7-8,14H2,1-2H3. The fourth-order valence-corrected chi connectivity index (χ4v) is 2.20. The molecular formula is C13H20N2. The molecule has 0 aromatic heterocycles. The molecule has 2 nitrogen and oxygen atoms in total. The van der Waals surface area contributed by atoms with Crippen molar-refractivity contribution in [2.45, 2.75) is 44.8 Å². The maximum Gasteiger partial charge on any atom is 0.0190 e. The summed E-state index contributed by atoms with van der Waals surface area (Å²) in [6.07, 6.45) is 2.29. The Hall–Kier alpha value is -0.860. The highest BCUT2D eigenvalue weighted by Gasteiger charge is 2.22. The van der Waals surface area contributed by atoms with E-state index in [2.05, 4.69) is 43.4 Å². The number of rotatable bonds is 3. The van der Waals surface area contributed by atoms with Crippen molar-refractivity contribution in [3.8, 4) is 0 Å². The summed E-state index contributed by atoms with van der Waals surface area (Å²) in [4.78, 5) is 0. The molecule has 82 valence electrons. The molecule has 15 heavy (non-hydrogen) atoms. The Balaban J connectivity index is 1.96. The molecule has 1 aliphatic rings. The van der Waals surface area contributed by atoms with Gasteiger partial charge in [-0.25, -0.2) is 0 Å². The first kappa shape index (κ1) is 10.7. The number of hydrogen-bond acceptors (Lipinski definition) is 2. The predicted molar refractivity (Wildman–Crippen MR) is 63.9 cm³/mol. The average molecular weight is 204 g/mol. The Kier molecular flexibility index (Phi) is 3.08. The maximum absolute atomic E-state index is 5.86. The molecule has 0 saturated carbocycles. The summed E-state index contributed by atoms with van der Waals surface area (Å²) in [7, 11) is 0. The second kappa shape index (κ2) is 4.33. The minimum atomic E-state index is 0.216. The van der Waals surface area contributed by atoms with Gasteiger partial charge in [-0.3, -0.25) is 0 Å². The Bertz CT molecular complexity index is 308. The topological polar surface area (TPSA) is 38.0 Å². The first-order chi connectivity index (χ1) is 7.16. The molecule has 0 amide bonds. The van der Waals surface area contributed by atoms with E-state index >= 15 is 0 Å². The van der Waals surface area contributed by atoms with Crippen LogP contribution in [0.3, 0.4) is 0 Å². The van der Waals surface area contributed by atoms with Crippen LogP contribution in [0.25, 0.3) is 0 Å². The van der Waals surface area contributed by atoms with Gasteiger partial charge in [0.1, 0.15) is 0 Å². The molecule has 0 aliphatic heterocycles. The molecule has 0 spiro atoms. The molecule has 1 aromatic rings. The van der Waals surface area contributed by atoms with Crippen molar-refractivity contribution in [1.82, 2.24) is 5.32 Å². The van der Waals surface area contributed by atoms with Crippen LogP contribution in [0.1, 0.15) is 25.0 Å². The lowest BCUT2D eigenvalue weighted by atomic mass is 10.1. The van der Waals surface area contributed by atoms with Crippen molar-refractivity contribution in [2.75, 3.05) is 0 Å². The molecule has 1 aliphatic carbocycles. The van der Waals surface area contributed by atoms with E-state index in [1.54, 1.807) is 0 Å². The van der Waals surface area contributed by atoms with E-state index in [0.29, 0.717) is 12.1 Å². The van der Waals surface area contributed by atoms with Gasteiger partial charge in [0.05, 0.1) is 0 Å². The second-order valence-corrected chi connectivity index (χ2v) is 4.69. The van der Waals surface area contributed by atoms with Crippen LogP contribution >= 0.6 is 0 Å². The highest BCUT2D eigenvalue weighted by molar-refractivity contribution is 5.33. The lowest BCUT2D eigenvalue weighted by Gasteiger charge is -2.22. The zero-order valence-corrected chi connectivity index (χ0v) is 9.53. The fourth-order valence-electron chi connectivity index (χ4n) is 2.20. The molecular weight excluding hydrogens is 184 g/mol. The maximum atomic E-state index is 5.86. The Morgan fingerprint density at radius 1 is 1.20 bits per heavy atom.